The number of piperidine rings is 1. The summed E-state index contributed by atoms with van der Waals surface area (Å²) < 4.78 is 41.6. The van der Waals surface area contributed by atoms with Crippen LogP contribution in [-0.4, -0.2) is 27.6 Å². The van der Waals surface area contributed by atoms with Crippen molar-refractivity contribution in [2.45, 2.75) is 31.5 Å². The van der Waals surface area contributed by atoms with Gasteiger partial charge in [0.2, 0.25) is 0 Å². The predicted molar refractivity (Wildman–Crippen MR) is 99.2 cm³/mol. The standard InChI is InChI=1S/C20H19F3N4O/c21-20(22,23)16-4-2-1-3-14(16)12-27-18-17(25-9-10-26-18)11-15(19(27)28)13-5-7-24-8-6-13/h1-4,9-11,13,24H,5-8,12H2. The number of aromatic nitrogens is 3. The van der Waals surface area contributed by atoms with Gasteiger partial charge in [-0.1, -0.05) is 18.2 Å². The molecule has 1 fully saturated rings. The number of fused-ring (bicyclic) bond motifs is 1. The first-order valence-electron chi connectivity index (χ1n) is 9.15. The monoisotopic (exact) mass is 388 g/mol. The van der Waals surface area contributed by atoms with Crippen LogP contribution in [0.15, 0.2) is 47.5 Å². The van der Waals surface area contributed by atoms with Crippen molar-refractivity contribution in [2.75, 3.05) is 13.1 Å². The van der Waals surface area contributed by atoms with Crippen LogP contribution in [0.5, 0.6) is 0 Å². The molecule has 4 rings (SSSR count). The Morgan fingerprint density at radius 2 is 1.82 bits per heavy atom. The van der Waals surface area contributed by atoms with Crippen molar-refractivity contribution < 1.29 is 13.2 Å². The molecule has 1 aliphatic rings. The van der Waals surface area contributed by atoms with E-state index in [1.54, 1.807) is 12.1 Å². The number of rotatable bonds is 3. The van der Waals surface area contributed by atoms with Crippen LogP contribution >= 0.6 is 0 Å². The van der Waals surface area contributed by atoms with Gasteiger partial charge in [-0.15, -0.1) is 0 Å². The van der Waals surface area contributed by atoms with Crippen LogP contribution in [0.2, 0.25) is 0 Å². The number of alkyl halides is 3. The van der Waals surface area contributed by atoms with E-state index in [0.717, 1.165) is 32.0 Å². The molecule has 0 bridgehead atoms. The minimum atomic E-state index is -4.49. The van der Waals surface area contributed by atoms with E-state index in [0.29, 0.717) is 16.7 Å². The van der Waals surface area contributed by atoms with Crippen molar-refractivity contribution in [3.8, 4) is 0 Å². The summed E-state index contributed by atoms with van der Waals surface area (Å²) in [6.07, 6.45) is 0.0831. The summed E-state index contributed by atoms with van der Waals surface area (Å²) >= 11 is 0. The Morgan fingerprint density at radius 3 is 2.57 bits per heavy atom. The van der Waals surface area contributed by atoms with Crippen molar-refractivity contribution >= 4 is 11.2 Å². The molecule has 1 N–H and O–H groups in total. The van der Waals surface area contributed by atoms with Crippen LogP contribution in [0.25, 0.3) is 11.2 Å². The fourth-order valence-electron chi connectivity index (χ4n) is 3.79. The molecule has 0 unspecified atom stereocenters. The molecule has 0 atom stereocenters. The second-order valence-electron chi connectivity index (χ2n) is 6.94. The third kappa shape index (κ3) is 3.52. The van der Waals surface area contributed by atoms with E-state index in [9.17, 15) is 18.0 Å². The molecule has 1 aliphatic heterocycles. The summed E-state index contributed by atoms with van der Waals surface area (Å²) in [7, 11) is 0. The van der Waals surface area contributed by atoms with Crippen molar-refractivity contribution in [2.24, 2.45) is 0 Å². The lowest BCUT2D eigenvalue weighted by Crippen LogP contribution is -2.32. The lowest BCUT2D eigenvalue weighted by Gasteiger charge is -2.23. The van der Waals surface area contributed by atoms with E-state index in [1.807, 2.05) is 0 Å². The Labute approximate surface area is 159 Å². The maximum Gasteiger partial charge on any atom is 0.416 e. The second-order valence-corrected chi connectivity index (χ2v) is 6.94. The van der Waals surface area contributed by atoms with E-state index in [2.05, 4.69) is 15.3 Å². The van der Waals surface area contributed by atoms with Gasteiger partial charge in [0.05, 0.1) is 12.1 Å². The van der Waals surface area contributed by atoms with Gasteiger partial charge in [-0.25, -0.2) is 4.98 Å². The highest BCUT2D eigenvalue weighted by molar-refractivity contribution is 5.70. The zero-order chi connectivity index (χ0) is 19.7. The summed E-state index contributed by atoms with van der Waals surface area (Å²) in [4.78, 5) is 21.8. The summed E-state index contributed by atoms with van der Waals surface area (Å²) in [5.41, 5.74) is 0.399. The summed E-state index contributed by atoms with van der Waals surface area (Å²) in [5.74, 6) is 0.0595. The molecule has 0 aliphatic carbocycles. The molecular formula is C20H19F3N4O. The predicted octanol–water partition coefficient (Wildman–Crippen LogP) is 3.33. The Bertz CT molecular complexity index is 1060. The van der Waals surface area contributed by atoms with E-state index < -0.39 is 11.7 Å². The van der Waals surface area contributed by atoms with Crippen LogP contribution in [0.1, 0.15) is 35.4 Å². The quantitative estimate of drug-likeness (QED) is 0.748. The van der Waals surface area contributed by atoms with Gasteiger partial charge in [0, 0.05) is 18.0 Å². The molecular weight excluding hydrogens is 369 g/mol. The molecule has 1 saturated heterocycles. The van der Waals surface area contributed by atoms with E-state index in [4.69, 9.17) is 0 Å². The van der Waals surface area contributed by atoms with E-state index in [1.165, 1.54) is 29.1 Å². The highest BCUT2D eigenvalue weighted by Crippen LogP contribution is 2.32. The van der Waals surface area contributed by atoms with Crippen LogP contribution in [0.3, 0.4) is 0 Å². The molecule has 0 saturated carbocycles. The van der Waals surface area contributed by atoms with Crippen LogP contribution < -0.4 is 10.9 Å². The van der Waals surface area contributed by atoms with Gasteiger partial charge in [0.15, 0.2) is 5.65 Å². The molecule has 0 radical (unpaired) electrons. The Morgan fingerprint density at radius 1 is 1.11 bits per heavy atom. The third-order valence-electron chi connectivity index (χ3n) is 5.18. The molecule has 8 heteroatoms. The van der Waals surface area contributed by atoms with Gasteiger partial charge in [-0.05, 0) is 49.5 Å². The summed E-state index contributed by atoms with van der Waals surface area (Å²) in [6.45, 7) is 1.40. The SMILES string of the molecule is O=c1c(C2CCNCC2)cc2nccnc2n1Cc1ccccc1C(F)(F)F. The fraction of sp³-hybridized carbons (Fsp3) is 0.350. The molecule has 3 aromatic rings. The topological polar surface area (TPSA) is 59.8 Å². The first kappa shape index (κ1) is 18.6. The molecule has 0 spiro atoms. The van der Waals surface area contributed by atoms with E-state index >= 15 is 0 Å². The second kappa shape index (κ2) is 7.35. The Hall–Kier alpha value is -2.74. The normalized spacial score (nSPS) is 15.8. The minimum absolute atomic E-state index is 0.0338. The van der Waals surface area contributed by atoms with Gasteiger partial charge < -0.3 is 5.32 Å². The average molecular weight is 388 g/mol. The average Bonchev–Trinajstić information content (AvgIpc) is 2.70. The maximum atomic E-state index is 13.4. The number of hydrogen-bond donors (Lipinski definition) is 1. The highest BCUT2D eigenvalue weighted by atomic mass is 19.4. The molecule has 146 valence electrons. The molecule has 3 heterocycles. The molecule has 0 amide bonds. The molecule has 1 aromatic carbocycles. The van der Waals surface area contributed by atoms with Crippen LogP contribution in [-0.2, 0) is 12.7 Å². The maximum absolute atomic E-state index is 13.4. The summed E-state index contributed by atoms with van der Waals surface area (Å²) in [5, 5.41) is 3.26. The third-order valence-corrected chi connectivity index (χ3v) is 5.18. The van der Waals surface area contributed by atoms with Crippen LogP contribution in [0, 0.1) is 0 Å². The van der Waals surface area contributed by atoms with Gasteiger partial charge in [0.1, 0.15) is 5.52 Å². The smallest absolute Gasteiger partial charge is 0.317 e. The summed E-state index contributed by atoms with van der Waals surface area (Å²) in [6, 6.07) is 7.06. The number of hydrogen-bond acceptors (Lipinski definition) is 4. The van der Waals surface area contributed by atoms with Crippen LogP contribution in [0.4, 0.5) is 13.2 Å². The van der Waals surface area contributed by atoms with Crippen molar-refractivity contribution in [3.63, 3.8) is 0 Å². The lowest BCUT2D eigenvalue weighted by molar-refractivity contribution is -0.138. The number of halogens is 3. The Kier molecular flexibility index (Phi) is 4.89. The first-order valence-corrected chi connectivity index (χ1v) is 9.15. The van der Waals surface area contributed by atoms with Gasteiger partial charge >= 0.3 is 6.18 Å². The molecule has 28 heavy (non-hydrogen) atoms. The van der Waals surface area contributed by atoms with Gasteiger partial charge in [-0.3, -0.25) is 14.3 Å². The lowest BCUT2D eigenvalue weighted by atomic mass is 9.91. The zero-order valence-corrected chi connectivity index (χ0v) is 15.0. The van der Waals surface area contributed by atoms with E-state index in [-0.39, 0.29) is 23.6 Å². The first-order chi connectivity index (χ1) is 13.4. The number of benzene rings is 1. The van der Waals surface area contributed by atoms with Gasteiger partial charge in [0.25, 0.3) is 5.56 Å². The largest absolute Gasteiger partial charge is 0.416 e. The zero-order valence-electron chi connectivity index (χ0n) is 15.0. The molecule has 2 aromatic heterocycles. The van der Waals surface area contributed by atoms with Crippen molar-refractivity contribution in [1.29, 1.82) is 0 Å². The number of pyridine rings is 1. The van der Waals surface area contributed by atoms with Gasteiger partial charge in [-0.2, -0.15) is 13.2 Å². The molecule has 5 nitrogen and oxygen atoms in total. The minimum Gasteiger partial charge on any atom is -0.317 e. The Balaban J connectivity index is 1.87. The highest BCUT2D eigenvalue weighted by Gasteiger charge is 2.33. The number of nitrogens with one attached hydrogen (secondary N) is 1. The van der Waals surface area contributed by atoms with Crippen molar-refractivity contribution in [1.82, 2.24) is 19.9 Å². The fourth-order valence-corrected chi connectivity index (χ4v) is 3.79. The number of nitrogens with zero attached hydrogens (tertiary/aromatic N) is 3. The van der Waals surface area contributed by atoms with Crippen molar-refractivity contribution in [3.05, 3.63) is 69.8 Å².